The average Bonchev–Trinajstić information content (AvgIpc) is 2.19. The smallest absolute Gasteiger partial charge is 0.239 e. The van der Waals surface area contributed by atoms with Gasteiger partial charge in [0.1, 0.15) is 0 Å². The maximum Gasteiger partial charge on any atom is 0.239 e. The first-order valence-electron chi connectivity index (χ1n) is 3.73. The third-order valence-corrected chi connectivity index (χ3v) is 2.97. The molecular weight excluding hydrogens is 158 g/mol. The second kappa shape index (κ2) is 3.30. The lowest BCUT2D eigenvalue weighted by Gasteiger charge is -2.08. The van der Waals surface area contributed by atoms with Gasteiger partial charge in [0.05, 0.1) is 5.25 Å². The van der Waals surface area contributed by atoms with Gasteiger partial charge in [-0.15, -0.1) is 11.8 Å². The van der Waals surface area contributed by atoms with E-state index >= 15 is 0 Å². The molecule has 62 valence electrons. The highest BCUT2D eigenvalue weighted by Gasteiger charge is 2.31. The van der Waals surface area contributed by atoms with Crippen molar-refractivity contribution in [1.29, 1.82) is 0 Å². The predicted molar refractivity (Wildman–Crippen MR) is 48.4 cm³/mol. The molecule has 1 amide bonds. The molecule has 0 aromatic rings. The topological polar surface area (TPSA) is 20.3 Å². The van der Waals surface area contributed by atoms with Crippen molar-refractivity contribution in [2.24, 2.45) is 0 Å². The molecule has 1 aliphatic rings. The van der Waals surface area contributed by atoms with Crippen molar-refractivity contribution in [3.63, 3.8) is 0 Å². The molecule has 0 aromatic carbocycles. The quantitative estimate of drug-likeness (QED) is 0.627. The Hall–Kier alpha value is -0.440. The molecule has 1 unspecified atom stereocenters. The third-order valence-electron chi connectivity index (χ3n) is 1.87. The van der Waals surface area contributed by atoms with Crippen molar-refractivity contribution < 1.29 is 4.79 Å². The zero-order valence-electron chi connectivity index (χ0n) is 6.96. The summed E-state index contributed by atoms with van der Waals surface area (Å²) in [6.45, 7) is 5.88. The second-order valence-corrected chi connectivity index (χ2v) is 4.09. The molecule has 0 bridgehead atoms. The minimum absolute atomic E-state index is 0.137. The summed E-state index contributed by atoms with van der Waals surface area (Å²) in [4.78, 5) is 13.0. The van der Waals surface area contributed by atoms with Crippen LogP contribution in [0.15, 0.2) is 12.3 Å². The maximum atomic E-state index is 11.3. The number of rotatable bonds is 2. The lowest BCUT2D eigenvalue weighted by molar-refractivity contribution is -0.125. The van der Waals surface area contributed by atoms with Crippen molar-refractivity contribution in [3.8, 4) is 0 Å². The van der Waals surface area contributed by atoms with Gasteiger partial charge in [0.15, 0.2) is 0 Å². The van der Waals surface area contributed by atoms with Crippen LogP contribution in [0.1, 0.15) is 13.3 Å². The summed E-state index contributed by atoms with van der Waals surface area (Å²) >= 11 is 1.70. The number of carbonyl (C=O) groups is 1. The van der Waals surface area contributed by atoms with E-state index in [1.165, 1.54) is 0 Å². The molecule has 1 fully saturated rings. The largest absolute Gasteiger partial charge is 0.319 e. The summed E-state index contributed by atoms with van der Waals surface area (Å²) in [5.41, 5.74) is 0.945. The van der Waals surface area contributed by atoms with Gasteiger partial charge in [0.25, 0.3) is 0 Å². The van der Waals surface area contributed by atoms with E-state index in [-0.39, 0.29) is 11.2 Å². The average molecular weight is 171 g/mol. The Bertz CT molecular complexity index is 191. The minimum atomic E-state index is 0.137. The van der Waals surface area contributed by atoms with Crippen molar-refractivity contribution in [3.05, 3.63) is 12.3 Å². The van der Waals surface area contributed by atoms with Crippen LogP contribution in [0.25, 0.3) is 0 Å². The van der Waals surface area contributed by atoms with E-state index in [1.54, 1.807) is 23.7 Å². The summed E-state index contributed by atoms with van der Waals surface area (Å²) in [6, 6.07) is 0. The summed E-state index contributed by atoms with van der Waals surface area (Å²) in [6.07, 6.45) is 0.827. The van der Waals surface area contributed by atoms with Gasteiger partial charge < -0.3 is 4.90 Å². The van der Waals surface area contributed by atoms with Crippen LogP contribution in [-0.2, 0) is 4.79 Å². The molecule has 1 rings (SSSR count). The van der Waals surface area contributed by atoms with Crippen molar-refractivity contribution in [2.45, 2.75) is 18.6 Å². The molecule has 11 heavy (non-hydrogen) atoms. The van der Waals surface area contributed by atoms with Crippen LogP contribution in [0.5, 0.6) is 0 Å². The molecule has 0 saturated carbocycles. The lowest BCUT2D eigenvalue weighted by Crippen LogP contribution is -2.22. The SMILES string of the molecule is C=C1CC(SCC)C(=O)N1C. The van der Waals surface area contributed by atoms with Gasteiger partial charge in [0.2, 0.25) is 5.91 Å². The fourth-order valence-electron chi connectivity index (χ4n) is 1.14. The number of nitrogens with zero attached hydrogens (tertiary/aromatic N) is 1. The number of allylic oxidation sites excluding steroid dienone is 1. The van der Waals surface area contributed by atoms with Crippen LogP contribution in [-0.4, -0.2) is 28.9 Å². The highest BCUT2D eigenvalue weighted by molar-refractivity contribution is 8.00. The van der Waals surface area contributed by atoms with E-state index in [9.17, 15) is 4.79 Å². The molecule has 0 radical (unpaired) electrons. The van der Waals surface area contributed by atoms with Gasteiger partial charge in [0, 0.05) is 19.2 Å². The van der Waals surface area contributed by atoms with Crippen LogP contribution in [0.3, 0.4) is 0 Å². The number of hydrogen-bond acceptors (Lipinski definition) is 2. The fraction of sp³-hybridized carbons (Fsp3) is 0.625. The molecule has 0 N–H and O–H groups in total. The Morgan fingerprint density at radius 2 is 2.45 bits per heavy atom. The third kappa shape index (κ3) is 1.59. The summed E-state index contributed by atoms with van der Waals surface area (Å²) in [5, 5.41) is 0.137. The number of carbonyl (C=O) groups excluding carboxylic acids is 1. The van der Waals surface area contributed by atoms with Gasteiger partial charge in [-0.25, -0.2) is 0 Å². The highest BCUT2D eigenvalue weighted by Crippen LogP contribution is 2.28. The van der Waals surface area contributed by atoms with E-state index < -0.39 is 0 Å². The molecule has 2 nitrogen and oxygen atoms in total. The molecule has 0 aromatic heterocycles. The van der Waals surface area contributed by atoms with Gasteiger partial charge in [-0.3, -0.25) is 4.79 Å². The Labute approximate surface area is 71.6 Å². The van der Waals surface area contributed by atoms with Crippen LogP contribution >= 0.6 is 11.8 Å². The summed E-state index contributed by atoms with van der Waals surface area (Å²) in [7, 11) is 1.79. The standard InChI is InChI=1S/C8H13NOS/c1-4-11-7-5-6(2)9(3)8(7)10/h7H,2,4-5H2,1,3H3. The molecule has 0 aliphatic carbocycles. The predicted octanol–water partition coefficient (Wildman–Crippen LogP) is 1.48. The van der Waals surface area contributed by atoms with Gasteiger partial charge in [-0.05, 0) is 5.75 Å². The monoisotopic (exact) mass is 171 g/mol. The zero-order chi connectivity index (χ0) is 8.43. The Kier molecular flexibility index (Phi) is 2.60. The first-order chi connectivity index (χ1) is 5.16. The highest BCUT2D eigenvalue weighted by atomic mass is 32.2. The maximum absolute atomic E-state index is 11.3. The zero-order valence-corrected chi connectivity index (χ0v) is 7.78. The van der Waals surface area contributed by atoms with E-state index in [0.717, 1.165) is 17.9 Å². The van der Waals surface area contributed by atoms with E-state index in [1.807, 2.05) is 0 Å². The fourth-order valence-corrected chi connectivity index (χ4v) is 2.15. The number of thioether (sulfide) groups is 1. The Morgan fingerprint density at radius 1 is 1.82 bits per heavy atom. The Morgan fingerprint density at radius 3 is 2.82 bits per heavy atom. The lowest BCUT2D eigenvalue weighted by atomic mass is 10.3. The Balaban J connectivity index is 2.60. The minimum Gasteiger partial charge on any atom is -0.319 e. The molecule has 1 heterocycles. The first kappa shape index (κ1) is 8.65. The van der Waals surface area contributed by atoms with Crippen LogP contribution < -0.4 is 0 Å². The van der Waals surface area contributed by atoms with Crippen molar-refractivity contribution in [1.82, 2.24) is 4.90 Å². The number of likely N-dealkylation sites (tertiary alicyclic amines) is 1. The van der Waals surface area contributed by atoms with Crippen LogP contribution in [0, 0.1) is 0 Å². The second-order valence-electron chi connectivity index (χ2n) is 2.61. The van der Waals surface area contributed by atoms with Gasteiger partial charge in [-0.2, -0.15) is 0 Å². The van der Waals surface area contributed by atoms with Crippen LogP contribution in [0.4, 0.5) is 0 Å². The molecule has 0 spiro atoms. The van der Waals surface area contributed by atoms with Crippen molar-refractivity contribution in [2.75, 3.05) is 12.8 Å². The van der Waals surface area contributed by atoms with E-state index in [4.69, 9.17) is 0 Å². The molecule has 3 heteroatoms. The summed E-state index contributed by atoms with van der Waals surface area (Å²) < 4.78 is 0. The number of amides is 1. The van der Waals surface area contributed by atoms with Crippen LogP contribution in [0.2, 0.25) is 0 Å². The summed E-state index contributed by atoms with van der Waals surface area (Å²) in [5.74, 6) is 1.21. The van der Waals surface area contributed by atoms with E-state index in [2.05, 4.69) is 13.5 Å². The number of hydrogen-bond donors (Lipinski definition) is 0. The van der Waals surface area contributed by atoms with Crippen molar-refractivity contribution >= 4 is 17.7 Å². The van der Waals surface area contributed by atoms with E-state index in [0.29, 0.717) is 0 Å². The molecule has 1 aliphatic heterocycles. The van der Waals surface area contributed by atoms with Gasteiger partial charge >= 0.3 is 0 Å². The molecule has 1 saturated heterocycles. The first-order valence-corrected chi connectivity index (χ1v) is 4.78. The van der Waals surface area contributed by atoms with Gasteiger partial charge in [-0.1, -0.05) is 13.5 Å². The normalized spacial score (nSPS) is 24.9. The molecular formula is C8H13NOS. The molecule has 1 atom stereocenters.